The zero-order valence-electron chi connectivity index (χ0n) is 41.8. The van der Waals surface area contributed by atoms with Crippen LogP contribution in [0.4, 0.5) is 17.1 Å². The van der Waals surface area contributed by atoms with E-state index < -0.39 is 0 Å². The van der Waals surface area contributed by atoms with E-state index in [4.69, 9.17) is 0 Å². The first-order valence-electron chi connectivity index (χ1n) is 25.2. The van der Waals surface area contributed by atoms with E-state index in [1.807, 2.05) is 12.1 Å². The second kappa shape index (κ2) is 16.5. The topological polar surface area (TPSA) is 32.0 Å². The highest BCUT2D eigenvalue weighted by atomic mass is 15.2. The van der Waals surface area contributed by atoms with Gasteiger partial charge in [-0.05, 0) is 209 Å². The third kappa shape index (κ3) is 6.65. The second-order valence-electron chi connectivity index (χ2n) is 20.4. The van der Waals surface area contributed by atoms with Gasteiger partial charge >= 0.3 is 6.85 Å². The molecule has 2 aliphatic rings. The van der Waals surface area contributed by atoms with Crippen LogP contribution in [0.2, 0.25) is 0 Å². The molecule has 0 saturated heterocycles. The first-order chi connectivity index (χ1) is 35.0. The van der Waals surface area contributed by atoms with Gasteiger partial charge < -0.3 is 9.38 Å². The molecule has 0 spiro atoms. The third-order valence-corrected chi connectivity index (χ3v) is 15.7. The van der Waals surface area contributed by atoms with Gasteiger partial charge in [-0.3, -0.25) is 0 Å². The Bertz CT molecular complexity index is 4070. The number of aromatic nitrogens is 1. The number of benzene rings is 10. The fourth-order valence-electron chi connectivity index (χ4n) is 12.9. The van der Waals surface area contributed by atoms with E-state index in [-0.39, 0.29) is 6.85 Å². The first-order valence-corrected chi connectivity index (χ1v) is 25.2. The summed E-state index contributed by atoms with van der Waals surface area (Å²) in [5, 5.41) is 12.8. The lowest BCUT2D eigenvalue weighted by atomic mass is 9.44. The molecule has 0 radical (unpaired) electrons. The van der Waals surface area contributed by atoms with Gasteiger partial charge in [-0.1, -0.05) is 139 Å². The van der Waals surface area contributed by atoms with Crippen molar-refractivity contribution in [3.8, 4) is 72.8 Å². The van der Waals surface area contributed by atoms with Crippen LogP contribution in [0.25, 0.3) is 88.6 Å². The van der Waals surface area contributed by atoms with Crippen molar-refractivity contribution < 1.29 is 0 Å². The lowest BCUT2D eigenvalue weighted by Crippen LogP contribution is -2.57. The Morgan fingerprint density at radius 2 is 0.986 bits per heavy atom. The molecule has 342 valence electrons. The Hall–Kier alpha value is -8.65. The third-order valence-electron chi connectivity index (χ3n) is 15.7. The summed E-state index contributed by atoms with van der Waals surface area (Å²) in [5.41, 5.74) is 32.3. The maximum atomic E-state index is 10.3. The van der Waals surface area contributed by atoms with Crippen LogP contribution in [0, 0.1) is 59.8 Å². The predicted molar refractivity (Wildman–Crippen MR) is 305 cm³/mol. The fourth-order valence-corrected chi connectivity index (χ4v) is 12.9. The molecule has 2 aliphatic heterocycles. The highest BCUT2D eigenvalue weighted by molar-refractivity contribution is 6.90. The standard InChI is InChI=1S/C68H52BN3/c1-40-29-42(3)64(43(4)30-40)53-24-27-61-57(34-53)58-35-54(65-44(5)31-41(2)32-45(65)6)36-59-66-46(7)56(52-20-14-15-47(33-52)39-70)38-63-67(66)69(72(61)68(58)59)60-37-51(49-18-12-9-13-19-49)23-28-62(60)71(63)55-25-21-50(22-26-55)48-16-10-8-11-17-48/h8-38H,1-7H3. The number of hydrogen-bond donors (Lipinski definition) is 0. The minimum atomic E-state index is -0.165. The molecule has 13 rings (SSSR count). The molecule has 0 N–H and O–H groups in total. The molecule has 72 heavy (non-hydrogen) atoms. The van der Waals surface area contributed by atoms with E-state index in [1.54, 1.807) is 0 Å². The molecular weight excluding hydrogens is 870 g/mol. The Balaban J connectivity index is 1.19. The number of hydrogen-bond acceptors (Lipinski definition) is 2. The largest absolute Gasteiger partial charge is 0.375 e. The van der Waals surface area contributed by atoms with Gasteiger partial charge in [0.1, 0.15) is 0 Å². The van der Waals surface area contributed by atoms with Crippen LogP contribution in [0.15, 0.2) is 188 Å². The average Bonchev–Trinajstić information content (AvgIpc) is 3.72. The SMILES string of the molecule is Cc1cc(C)c(-c2ccc3c(c2)c2cc(-c4c(C)cc(C)cc4C)cc4c2n3B2c3cc(-c5ccccc5)ccc3N(c3ccc(-c5ccccc5)cc3)c3cc(-c5cccc(C#N)c5)c(C)c-4c32)c(C)c1. The molecule has 10 aromatic carbocycles. The Morgan fingerprint density at radius 3 is 1.64 bits per heavy atom. The lowest BCUT2D eigenvalue weighted by molar-refractivity contribution is 1.24. The van der Waals surface area contributed by atoms with Crippen molar-refractivity contribution in [3.05, 3.63) is 233 Å². The van der Waals surface area contributed by atoms with Gasteiger partial charge in [0.2, 0.25) is 0 Å². The molecule has 0 fully saturated rings. The number of anilines is 3. The van der Waals surface area contributed by atoms with Crippen LogP contribution in [-0.4, -0.2) is 11.3 Å². The average molecular weight is 922 g/mol. The molecular formula is C68H52BN3. The van der Waals surface area contributed by atoms with Gasteiger partial charge in [0.05, 0.1) is 11.6 Å². The predicted octanol–water partition coefficient (Wildman–Crippen LogP) is 16.6. The van der Waals surface area contributed by atoms with Crippen molar-refractivity contribution in [2.45, 2.75) is 48.5 Å². The molecule has 0 bridgehead atoms. The summed E-state index contributed by atoms with van der Waals surface area (Å²) in [6.07, 6.45) is 0. The summed E-state index contributed by atoms with van der Waals surface area (Å²) in [7, 11) is 0. The molecule has 3 heterocycles. The monoisotopic (exact) mass is 921 g/mol. The van der Waals surface area contributed by atoms with Crippen molar-refractivity contribution in [1.82, 2.24) is 4.48 Å². The maximum Gasteiger partial charge on any atom is 0.333 e. The zero-order valence-corrected chi connectivity index (χ0v) is 41.8. The summed E-state index contributed by atoms with van der Waals surface area (Å²) in [4.78, 5) is 2.51. The molecule has 0 aliphatic carbocycles. The van der Waals surface area contributed by atoms with Gasteiger partial charge in [0.25, 0.3) is 0 Å². The normalized spacial score (nSPS) is 12.3. The van der Waals surface area contributed by atoms with Crippen LogP contribution in [0.1, 0.15) is 44.5 Å². The molecule has 3 nitrogen and oxygen atoms in total. The van der Waals surface area contributed by atoms with E-state index in [2.05, 4.69) is 240 Å². The molecule has 1 aromatic heterocycles. The van der Waals surface area contributed by atoms with Crippen LogP contribution < -0.4 is 15.8 Å². The highest BCUT2D eigenvalue weighted by Gasteiger charge is 2.44. The van der Waals surface area contributed by atoms with E-state index in [9.17, 15) is 5.26 Å². The Morgan fingerprint density at radius 1 is 0.417 bits per heavy atom. The van der Waals surface area contributed by atoms with Crippen molar-refractivity contribution in [2.24, 2.45) is 0 Å². The minimum absolute atomic E-state index is 0.165. The fraction of sp³-hybridized carbons (Fsp3) is 0.103. The van der Waals surface area contributed by atoms with E-state index in [0.29, 0.717) is 5.56 Å². The molecule has 4 heteroatoms. The van der Waals surface area contributed by atoms with Crippen LogP contribution in [-0.2, 0) is 0 Å². The lowest BCUT2D eigenvalue weighted by Gasteiger charge is -2.42. The van der Waals surface area contributed by atoms with Gasteiger partial charge in [-0.2, -0.15) is 5.26 Å². The van der Waals surface area contributed by atoms with E-state index in [1.165, 1.54) is 127 Å². The van der Waals surface area contributed by atoms with E-state index in [0.717, 1.165) is 28.2 Å². The van der Waals surface area contributed by atoms with Crippen LogP contribution in [0.5, 0.6) is 0 Å². The Kier molecular flexibility index (Phi) is 9.93. The van der Waals surface area contributed by atoms with Crippen LogP contribution in [0.3, 0.4) is 0 Å². The van der Waals surface area contributed by atoms with Crippen molar-refractivity contribution in [3.63, 3.8) is 0 Å². The van der Waals surface area contributed by atoms with Crippen molar-refractivity contribution in [2.75, 3.05) is 4.90 Å². The molecule has 0 unspecified atom stereocenters. The number of fused-ring (bicyclic) bond motifs is 7. The summed E-state index contributed by atoms with van der Waals surface area (Å²) in [6.45, 7) is 15.6. The van der Waals surface area contributed by atoms with Crippen LogP contribution >= 0.6 is 0 Å². The number of nitrogens with zero attached hydrogens (tertiary/aromatic N) is 3. The van der Waals surface area contributed by atoms with E-state index >= 15 is 0 Å². The summed E-state index contributed by atoms with van der Waals surface area (Å²) >= 11 is 0. The van der Waals surface area contributed by atoms with Gasteiger partial charge in [0, 0.05) is 44.4 Å². The van der Waals surface area contributed by atoms with Gasteiger partial charge in [-0.15, -0.1) is 0 Å². The highest BCUT2D eigenvalue weighted by Crippen LogP contribution is 2.51. The van der Waals surface area contributed by atoms with Gasteiger partial charge in [-0.25, -0.2) is 0 Å². The number of rotatable bonds is 6. The molecule has 0 amide bonds. The smallest absolute Gasteiger partial charge is 0.333 e. The molecule has 11 aromatic rings. The Labute approximate surface area is 423 Å². The first kappa shape index (κ1) is 43.4. The number of nitriles is 1. The number of aryl methyl sites for hydroxylation is 6. The summed E-state index contributed by atoms with van der Waals surface area (Å²) in [6, 6.07) is 72.3. The van der Waals surface area contributed by atoms with Gasteiger partial charge in [0.15, 0.2) is 0 Å². The van der Waals surface area contributed by atoms with Crippen molar-refractivity contribution >= 4 is 56.6 Å². The zero-order chi connectivity index (χ0) is 49.1. The maximum absolute atomic E-state index is 10.3. The summed E-state index contributed by atoms with van der Waals surface area (Å²) in [5.74, 6) is 0. The molecule has 0 atom stereocenters. The second-order valence-corrected chi connectivity index (χ2v) is 20.4. The molecule has 0 saturated carbocycles. The quantitative estimate of drug-likeness (QED) is 0.156. The van der Waals surface area contributed by atoms with Crippen molar-refractivity contribution in [1.29, 1.82) is 5.26 Å². The minimum Gasteiger partial charge on any atom is -0.375 e. The summed E-state index contributed by atoms with van der Waals surface area (Å²) < 4.78 is 2.70.